The summed E-state index contributed by atoms with van der Waals surface area (Å²) in [6.07, 6.45) is 6.12. The third-order valence-electron chi connectivity index (χ3n) is 4.10. The van der Waals surface area contributed by atoms with Crippen molar-refractivity contribution in [2.24, 2.45) is 0 Å². The first-order valence-corrected chi connectivity index (χ1v) is 11.1. The number of carbonyl (C=O) groups excluding carboxylic acids is 1. The van der Waals surface area contributed by atoms with E-state index in [0.29, 0.717) is 16.2 Å². The van der Waals surface area contributed by atoms with Gasteiger partial charge in [-0.2, -0.15) is 0 Å². The van der Waals surface area contributed by atoms with Crippen LogP contribution in [0.2, 0.25) is 0 Å². The average molecular weight is 472 g/mol. The lowest BCUT2D eigenvalue weighted by Crippen LogP contribution is -2.21. The maximum absolute atomic E-state index is 12.1. The van der Waals surface area contributed by atoms with Gasteiger partial charge >= 0.3 is 0 Å². The fourth-order valence-corrected chi connectivity index (χ4v) is 4.88. The second-order valence-electron chi connectivity index (χ2n) is 6.11. The molecule has 144 valence electrons. The van der Waals surface area contributed by atoms with Gasteiger partial charge in [-0.1, -0.05) is 42.4 Å². The maximum atomic E-state index is 12.1. The normalized spacial score (nSPS) is 14.7. The summed E-state index contributed by atoms with van der Waals surface area (Å²) in [6.45, 7) is 0. The molecule has 0 atom stereocenters. The summed E-state index contributed by atoms with van der Waals surface area (Å²) in [5.41, 5.74) is 0.448. The van der Waals surface area contributed by atoms with Crippen molar-refractivity contribution in [3.63, 3.8) is 0 Å². The fraction of sp³-hybridized carbons (Fsp3) is 0.438. The van der Waals surface area contributed by atoms with E-state index in [2.05, 4.69) is 36.8 Å². The van der Waals surface area contributed by atoms with E-state index in [0.717, 1.165) is 22.3 Å². The van der Waals surface area contributed by atoms with Gasteiger partial charge in [0, 0.05) is 22.6 Å². The minimum atomic E-state index is -0.486. The van der Waals surface area contributed by atoms with Gasteiger partial charge in [-0.15, -0.1) is 10.2 Å². The molecule has 1 aliphatic carbocycles. The molecule has 0 radical (unpaired) electrons. The Morgan fingerprint density at radius 3 is 2.81 bits per heavy atom. The fourth-order valence-electron chi connectivity index (χ4n) is 2.78. The first-order valence-electron chi connectivity index (χ1n) is 8.48. The predicted octanol–water partition coefficient (Wildman–Crippen LogP) is 4.68. The molecule has 1 aromatic heterocycles. The van der Waals surface area contributed by atoms with Crippen LogP contribution in [0, 0.1) is 10.1 Å². The summed E-state index contributed by atoms with van der Waals surface area (Å²) >= 11 is 6.00. The van der Waals surface area contributed by atoms with Crippen molar-refractivity contribution >= 4 is 61.4 Å². The second-order valence-corrected chi connectivity index (χ2v) is 9.16. The summed E-state index contributed by atoms with van der Waals surface area (Å²) in [6, 6.07) is 4.67. The lowest BCUT2D eigenvalue weighted by atomic mass is 9.96. The molecular formula is C16H18BrN5O3S2. The summed E-state index contributed by atoms with van der Waals surface area (Å²) in [5.74, 6) is -0.0341. The van der Waals surface area contributed by atoms with E-state index in [1.807, 2.05) is 0 Å². The Morgan fingerprint density at radius 1 is 1.33 bits per heavy atom. The van der Waals surface area contributed by atoms with Gasteiger partial charge in [0.25, 0.3) is 5.69 Å². The van der Waals surface area contributed by atoms with E-state index in [9.17, 15) is 14.9 Å². The number of nitrogens with zero attached hydrogens (tertiary/aromatic N) is 3. The van der Waals surface area contributed by atoms with Gasteiger partial charge in [0.05, 0.1) is 16.4 Å². The van der Waals surface area contributed by atoms with Crippen LogP contribution in [0.5, 0.6) is 0 Å². The molecule has 3 rings (SSSR count). The van der Waals surface area contributed by atoms with Crippen LogP contribution in [0.15, 0.2) is 27.0 Å². The molecule has 11 heteroatoms. The van der Waals surface area contributed by atoms with E-state index in [-0.39, 0.29) is 17.3 Å². The van der Waals surface area contributed by atoms with Crippen LogP contribution in [-0.2, 0) is 4.79 Å². The molecule has 1 heterocycles. The van der Waals surface area contributed by atoms with Crippen LogP contribution in [0.4, 0.5) is 16.5 Å². The molecule has 1 amide bonds. The molecule has 2 aromatic rings. The van der Waals surface area contributed by atoms with E-state index < -0.39 is 4.92 Å². The van der Waals surface area contributed by atoms with Crippen LogP contribution >= 0.6 is 39.0 Å². The summed E-state index contributed by atoms with van der Waals surface area (Å²) in [7, 11) is 0. The lowest BCUT2D eigenvalue weighted by molar-refractivity contribution is -0.384. The van der Waals surface area contributed by atoms with Crippen molar-refractivity contribution in [3.05, 3.63) is 32.8 Å². The number of nitro benzene ring substituents is 1. The van der Waals surface area contributed by atoms with Crippen LogP contribution in [-0.4, -0.2) is 32.8 Å². The van der Waals surface area contributed by atoms with E-state index in [1.54, 1.807) is 0 Å². The number of benzene rings is 1. The molecule has 0 spiro atoms. The number of nitro groups is 1. The first-order chi connectivity index (χ1) is 13.0. The molecule has 0 saturated heterocycles. The number of non-ortho nitro benzene ring substituents is 1. The van der Waals surface area contributed by atoms with Crippen LogP contribution in [0.1, 0.15) is 32.1 Å². The third-order valence-corrected chi connectivity index (χ3v) is 6.75. The third kappa shape index (κ3) is 5.88. The molecule has 27 heavy (non-hydrogen) atoms. The molecule has 0 unspecified atom stereocenters. The van der Waals surface area contributed by atoms with Crippen molar-refractivity contribution in [2.75, 3.05) is 16.4 Å². The Kier molecular flexibility index (Phi) is 7.02. The van der Waals surface area contributed by atoms with Crippen LogP contribution in [0.25, 0.3) is 0 Å². The Bertz CT molecular complexity index is 826. The monoisotopic (exact) mass is 471 g/mol. The smallest absolute Gasteiger partial charge is 0.270 e. The SMILES string of the molecule is O=C(CSc1nnc(NC2CCCCC2)s1)Nc1ccc([N+](=O)[O-])cc1Br. The van der Waals surface area contributed by atoms with Gasteiger partial charge in [-0.05, 0) is 34.8 Å². The number of aromatic nitrogens is 2. The van der Waals surface area contributed by atoms with E-state index in [1.165, 1.54) is 60.6 Å². The Hall–Kier alpha value is -1.72. The number of rotatable bonds is 7. The van der Waals surface area contributed by atoms with Gasteiger partial charge in [0.15, 0.2) is 4.34 Å². The molecule has 1 fully saturated rings. The highest BCUT2D eigenvalue weighted by atomic mass is 79.9. The highest BCUT2D eigenvalue weighted by molar-refractivity contribution is 9.10. The Morgan fingerprint density at radius 2 is 2.11 bits per heavy atom. The molecule has 0 aliphatic heterocycles. The second kappa shape index (κ2) is 9.47. The molecular weight excluding hydrogens is 454 g/mol. The number of hydrogen-bond acceptors (Lipinski definition) is 8. The average Bonchev–Trinajstić information content (AvgIpc) is 3.10. The van der Waals surface area contributed by atoms with Crippen molar-refractivity contribution in [2.45, 2.75) is 42.5 Å². The van der Waals surface area contributed by atoms with Crippen molar-refractivity contribution in [3.8, 4) is 0 Å². The van der Waals surface area contributed by atoms with Gasteiger partial charge < -0.3 is 10.6 Å². The molecule has 1 saturated carbocycles. The van der Waals surface area contributed by atoms with Crippen LogP contribution < -0.4 is 10.6 Å². The number of carbonyl (C=O) groups is 1. The largest absolute Gasteiger partial charge is 0.357 e. The van der Waals surface area contributed by atoms with Crippen molar-refractivity contribution in [1.29, 1.82) is 0 Å². The topological polar surface area (TPSA) is 110 Å². The predicted molar refractivity (Wildman–Crippen MR) is 111 cm³/mol. The van der Waals surface area contributed by atoms with Crippen molar-refractivity contribution < 1.29 is 9.72 Å². The van der Waals surface area contributed by atoms with Crippen molar-refractivity contribution in [1.82, 2.24) is 10.2 Å². The standard InChI is InChI=1S/C16H18BrN5O3S2/c17-12-8-11(22(24)25)6-7-13(12)19-14(23)9-26-16-21-20-15(27-16)18-10-4-2-1-3-5-10/h6-8,10H,1-5,9H2,(H,18,20)(H,19,23). The van der Waals surface area contributed by atoms with Gasteiger partial charge in [0.2, 0.25) is 11.0 Å². The summed E-state index contributed by atoms with van der Waals surface area (Å²) in [4.78, 5) is 22.4. The zero-order chi connectivity index (χ0) is 19.2. The molecule has 1 aromatic carbocycles. The number of thioether (sulfide) groups is 1. The number of amides is 1. The molecule has 2 N–H and O–H groups in total. The maximum Gasteiger partial charge on any atom is 0.270 e. The Balaban J connectivity index is 1.48. The number of nitrogens with one attached hydrogen (secondary N) is 2. The molecule has 1 aliphatic rings. The summed E-state index contributed by atoms with van der Waals surface area (Å²) < 4.78 is 1.19. The number of halogens is 1. The zero-order valence-electron chi connectivity index (χ0n) is 14.3. The number of anilines is 2. The van der Waals surface area contributed by atoms with Gasteiger partial charge in [-0.25, -0.2) is 0 Å². The van der Waals surface area contributed by atoms with Gasteiger partial charge in [-0.3, -0.25) is 14.9 Å². The van der Waals surface area contributed by atoms with E-state index >= 15 is 0 Å². The minimum Gasteiger partial charge on any atom is -0.357 e. The number of hydrogen-bond donors (Lipinski definition) is 2. The van der Waals surface area contributed by atoms with E-state index in [4.69, 9.17) is 0 Å². The quantitative estimate of drug-likeness (QED) is 0.342. The van der Waals surface area contributed by atoms with Crippen LogP contribution in [0.3, 0.4) is 0 Å². The zero-order valence-corrected chi connectivity index (χ0v) is 17.5. The van der Waals surface area contributed by atoms with Gasteiger partial charge in [0.1, 0.15) is 0 Å². The first kappa shape index (κ1) is 20.0. The molecule has 8 nitrogen and oxygen atoms in total. The molecule has 0 bridgehead atoms. The lowest BCUT2D eigenvalue weighted by Gasteiger charge is -2.21. The highest BCUT2D eigenvalue weighted by Gasteiger charge is 2.16. The minimum absolute atomic E-state index is 0.0406. The summed E-state index contributed by atoms with van der Waals surface area (Å²) in [5, 5.41) is 26.0. The Labute approximate surface area is 172 Å². The highest BCUT2D eigenvalue weighted by Crippen LogP contribution is 2.30.